The van der Waals surface area contributed by atoms with Gasteiger partial charge in [0, 0.05) is 23.1 Å². The van der Waals surface area contributed by atoms with Crippen LogP contribution in [0, 0.1) is 24.1 Å². The van der Waals surface area contributed by atoms with E-state index in [4.69, 9.17) is 0 Å². The smallest absolute Gasteiger partial charge is 0.131 e. The third-order valence-corrected chi connectivity index (χ3v) is 3.67. The monoisotopic (exact) mass is 302 g/mol. The molecule has 2 aromatic carbocycles. The van der Waals surface area contributed by atoms with Gasteiger partial charge in [-0.25, -0.2) is 4.39 Å². The molecule has 1 heterocycles. The van der Waals surface area contributed by atoms with Crippen molar-refractivity contribution in [2.45, 2.75) is 6.92 Å². The largest absolute Gasteiger partial charge is 0.317 e. The molecule has 0 aliphatic rings. The summed E-state index contributed by atoms with van der Waals surface area (Å²) in [5.41, 5.74) is 3.62. The number of halogens is 1. The second kappa shape index (κ2) is 6.33. The van der Waals surface area contributed by atoms with Crippen LogP contribution in [0.2, 0.25) is 0 Å². The minimum atomic E-state index is -0.395. The Balaban J connectivity index is 2.06. The molecule has 0 unspecified atom stereocenters. The molecule has 2 nitrogen and oxygen atoms in total. The number of aromatic nitrogens is 1. The average molecular weight is 302 g/mol. The van der Waals surface area contributed by atoms with Crippen LogP contribution in [0.3, 0.4) is 0 Å². The fourth-order valence-corrected chi connectivity index (χ4v) is 2.45. The number of benzene rings is 2. The summed E-state index contributed by atoms with van der Waals surface area (Å²) in [6, 6.07) is 20.3. The Labute approximate surface area is 134 Å². The molecule has 0 atom stereocenters. The number of hydrogen-bond acceptors (Lipinski definition) is 1. The van der Waals surface area contributed by atoms with Crippen LogP contribution >= 0.6 is 0 Å². The standard InChI is InChI=1S/C20H15FN2/c1-15-8-10-17(11-9-15)23-12-4-5-18(23)13-16(14-22)19-6-2-3-7-20(19)21/h2-13H,1H3/b16-13-. The van der Waals surface area contributed by atoms with Crippen molar-refractivity contribution in [3.8, 4) is 11.8 Å². The predicted molar refractivity (Wildman–Crippen MR) is 90.4 cm³/mol. The van der Waals surface area contributed by atoms with E-state index in [0.29, 0.717) is 11.1 Å². The van der Waals surface area contributed by atoms with Gasteiger partial charge in [0.15, 0.2) is 0 Å². The van der Waals surface area contributed by atoms with Crippen molar-refractivity contribution in [1.29, 1.82) is 5.26 Å². The zero-order chi connectivity index (χ0) is 16.2. The zero-order valence-electron chi connectivity index (χ0n) is 12.7. The first kappa shape index (κ1) is 14.8. The molecule has 3 aromatic rings. The van der Waals surface area contributed by atoms with Crippen molar-refractivity contribution in [3.63, 3.8) is 0 Å². The summed E-state index contributed by atoms with van der Waals surface area (Å²) in [6.45, 7) is 2.03. The third-order valence-electron chi connectivity index (χ3n) is 3.67. The van der Waals surface area contributed by atoms with Gasteiger partial charge < -0.3 is 4.57 Å². The average Bonchev–Trinajstić information content (AvgIpc) is 3.02. The highest BCUT2D eigenvalue weighted by atomic mass is 19.1. The number of allylic oxidation sites excluding steroid dienone is 1. The van der Waals surface area contributed by atoms with Crippen LogP contribution in [0.25, 0.3) is 17.3 Å². The number of rotatable bonds is 3. The maximum Gasteiger partial charge on any atom is 0.131 e. The lowest BCUT2D eigenvalue weighted by Gasteiger charge is -2.08. The SMILES string of the molecule is Cc1ccc(-n2cccc2/C=C(/C#N)c2ccccc2F)cc1. The Kier molecular flexibility index (Phi) is 4.07. The highest BCUT2D eigenvalue weighted by molar-refractivity contribution is 5.89. The van der Waals surface area contributed by atoms with Gasteiger partial charge in [0.2, 0.25) is 0 Å². The van der Waals surface area contributed by atoms with Gasteiger partial charge in [-0.05, 0) is 43.3 Å². The molecule has 0 saturated carbocycles. The molecule has 0 aliphatic heterocycles. The summed E-state index contributed by atoms with van der Waals surface area (Å²) in [4.78, 5) is 0. The van der Waals surface area contributed by atoms with E-state index in [1.54, 1.807) is 24.3 Å². The molecule has 0 fully saturated rings. The fourth-order valence-electron chi connectivity index (χ4n) is 2.45. The van der Waals surface area contributed by atoms with Crippen LogP contribution in [-0.2, 0) is 0 Å². The van der Waals surface area contributed by atoms with Gasteiger partial charge in [0.05, 0.1) is 11.6 Å². The number of nitrogens with zero attached hydrogens (tertiary/aromatic N) is 2. The van der Waals surface area contributed by atoms with E-state index >= 15 is 0 Å². The Bertz CT molecular complexity index is 896. The van der Waals surface area contributed by atoms with E-state index in [9.17, 15) is 9.65 Å². The first-order valence-corrected chi connectivity index (χ1v) is 7.30. The molecule has 0 radical (unpaired) electrons. The summed E-state index contributed by atoms with van der Waals surface area (Å²) in [7, 11) is 0. The van der Waals surface area contributed by atoms with E-state index in [2.05, 4.69) is 6.07 Å². The number of hydrogen-bond donors (Lipinski definition) is 0. The topological polar surface area (TPSA) is 28.7 Å². The molecular weight excluding hydrogens is 287 g/mol. The summed E-state index contributed by atoms with van der Waals surface area (Å²) in [5.74, 6) is -0.395. The van der Waals surface area contributed by atoms with Crippen molar-refractivity contribution >= 4 is 11.6 Å². The molecule has 0 N–H and O–H groups in total. The van der Waals surface area contributed by atoms with Crippen LogP contribution in [0.15, 0.2) is 66.9 Å². The van der Waals surface area contributed by atoms with Gasteiger partial charge in [0.25, 0.3) is 0 Å². The van der Waals surface area contributed by atoms with E-state index in [1.165, 1.54) is 11.6 Å². The highest BCUT2D eigenvalue weighted by Crippen LogP contribution is 2.22. The Hall–Kier alpha value is -3.12. The quantitative estimate of drug-likeness (QED) is 0.627. The second-order valence-electron chi connectivity index (χ2n) is 5.29. The number of aryl methyl sites for hydroxylation is 1. The zero-order valence-corrected chi connectivity index (χ0v) is 12.7. The van der Waals surface area contributed by atoms with E-state index in [0.717, 1.165) is 11.4 Å². The van der Waals surface area contributed by atoms with Gasteiger partial charge >= 0.3 is 0 Å². The van der Waals surface area contributed by atoms with Crippen LogP contribution in [-0.4, -0.2) is 4.57 Å². The Morgan fingerprint density at radius 3 is 2.48 bits per heavy atom. The van der Waals surface area contributed by atoms with Gasteiger partial charge in [-0.15, -0.1) is 0 Å². The Morgan fingerprint density at radius 2 is 1.78 bits per heavy atom. The van der Waals surface area contributed by atoms with Gasteiger partial charge in [-0.3, -0.25) is 0 Å². The molecule has 112 valence electrons. The van der Waals surface area contributed by atoms with Crippen LogP contribution < -0.4 is 0 Å². The van der Waals surface area contributed by atoms with Crippen molar-refractivity contribution < 1.29 is 4.39 Å². The maximum atomic E-state index is 13.9. The van der Waals surface area contributed by atoms with Crippen molar-refractivity contribution in [2.24, 2.45) is 0 Å². The van der Waals surface area contributed by atoms with Gasteiger partial charge in [0.1, 0.15) is 5.82 Å². The van der Waals surface area contributed by atoms with E-state index < -0.39 is 5.82 Å². The molecule has 3 rings (SSSR count). The first-order chi connectivity index (χ1) is 11.2. The van der Waals surface area contributed by atoms with Gasteiger partial charge in [-0.2, -0.15) is 5.26 Å². The summed E-state index contributed by atoms with van der Waals surface area (Å²) < 4.78 is 15.9. The van der Waals surface area contributed by atoms with Crippen molar-refractivity contribution in [1.82, 2.24) is 4.57 Å². The van der Waals surface area contributed by atoms with Crippen LogP contribution in [0.1, 0.15) is 16.8 Å². The maximum absolute atomic E-state index is 13.9. The van der Waals surface area contributed by atoms with Crippen molar-refractivity contribution in [3.05, 3.63) is 89.5 Å². The molecule has 0 spiro atoms. The fraction of sp³-hybridized carbons (Fsp3) is 0.0500. The molecule has 0 bridgehead atoms. The normalized spacial score (nSPS) is 11.3. The molecule has 0 saturated heterocycles. The van der Waals surface area contributed by atoms with Gasteiger partial charge in [-0.1, -0.05) is 35.9 Å². The summed E-state index contributed by atoms with van der Waals surface area (Å²) in [5, 5.41) is 9.41. The molecule has 0 amide bonds. The summed E-state index contributed by atoms with van der Waals surface area (Å²) >= 11 is 0. The molecule has 3 heteroatoms. The lowest BCUT2D eigenvalue weighted by atomic mass is 10.1. The molecule has 1 aromatic heterocycles. The summed E-state index contributed by atoms with van der Waals surface area (Å²) in [6.07, 6.45) is 3.63. The Morgan fingerprint density at radius 1 is 1.04 bits per heavy atom. The molecular formula is C20H15FN2. The van der Waals surface area contributed by atoms with E-state index in [1.807, 2.05) is 54.1 Å². The number of nitriles is 1. The van der Waals surface area contributed by atoms with Crippen molar-refractivity contribution in [2.75, 3.05) is 0 Å². The lowest BCUT2D eigenvalue weighted by Crippen LogP contribution is -1.95. The highest BCUT2D eigenvalue weighted by Gasteiger charge is 2.08. The minimum Gasteiger partial charge on any atom is -0.317 e. The minimum absolute atomic E-state index is 0.301. The van der Waals surface area contributed by atoms with Crippen LogP contribution in [0.4, 0.5) is 4.39 Å². The van der Waals surface area contributed by atoms with Crippen LogP contribution in [0.5, 0.6) is 0 Å². The first-order valence-electron chi connectivity index (χ1n) is 7.30. The molecule has 0 aliphatic carbocycles. The molecule has 23 heavy (non-hydrogen) atoms. The lowest BCUT2D eigenvalue weighted by molar-refractivity contribution is 0.624. The van der Waals surface area contributed by atoms with E-state index in [-0.39, 0.29) is 0 Å². The third kappa shape index (κ3) is 3.07. The second-order valence-corrected chi connectivity index (χ2v) is 5.29. The predicted octanol–water partition coefficient (Wildman–Crippen LogP) is 4.99.